The molecule has 0 aliphatic carbocycles. The fraction of sp³-hybridized carbons (Fsp3) is 0.417. The lowest BCUT2D eigenvalue weighted by molar-refractivity contribution is -0.143. The SMILES string of the molecule is O=C(O)C1CNCCC1c1cnc2cnccn12. The molecule has 3 heterocycles. The van der Waals surface area contributed by atoms with Crippen molar-refractivity contribution in [3.63, 3.8) is 0 Å². The van der Waals surface area contributed by atoms with Gasteiger partial charge in [-0.3, -0.25) is 9.78 Å². The van der Waals surface area contributed by atoms with E-state index in [-0.39, 0.29) is 5.92 Å². The molecule has 94 valence electrons. The molecule has 2 atom stereocenters. The van der Waals surface area contributed by atoms with Gasteiger partial charge in [0.05, 0.1) is 12.1 Å². The predicted octanol–water partition coefficient (Wildman–Crippen LogP) is 0.507. The van der Waals surface area contributed by atoms with Gasteiger partial charge >= 0.3 is 5.97 Å². The molecule has 2 aromatic heterocycles. The van der Waals surface area contributed by atoms with Crippen molar-refractivity contribution >= 4 is 11.6 Å². The minimum absolute atomic E-state index is 0.00106. The molecule has 0 aromatic carbocycles. The molecule has 0 saturated carbocycles. The van der Waals surface area contributed by atoms with Crippen LogP contribution in [0.3, 0.4) is 0 Å². The van der Waals surface area contributed by atoms with Crippen LogP contribution in [-0.2, 0) is 4.79 Å². The highest BCUT2D eigenvalue weighted by atomic mass is 16.4. The third-order valence-electron chi connectivity index (χ3n) is 3.53. The number of piperidine rings is 1. The predicted molar refractivity (Wildman–Crippen MR) is 64.3 cm³/mol. The summed E-state index contributed by atoms with van der Waals surface area (Å²) >= 11 is 0. The first-order valence-corrected chi connectivity index (χ1v) is 5.98. The number of imidazole rings is 1. The summed E-state index contributed by atoms with van der Waals surface area (Å²) in [6, 6.07) is 0. The molecular formula is C12H14N4O2. The van der Waals surface area contributed by atoms with Gasteiger partial charge in [0.1, 0.15) is 0 Å². The van der Waals surface area contributed by atoms with Crippen LogP contribution in [0.15, 0.2) is 24.8 Å². The van der Waals surface area contributed by atoms with Gasteiger partial charge in [-0.15, -0.1) is 0 Å². The van der Waals surface area contributed by atoms with Gasteiger partial charge in [-0.1, -0.05) is 0 Å². The van der Waals surface area contributed by atoms with E-state index in [9.17, 15) is 9.90 Å². The zero-order valence-corrected chi connectivity index (χ0v) is 9.78. The van der Waals surface area contributed by atoms with E-state index >= 15 is 0 Å². The summed E-state index contributed by atoms with van der Waals surface area (Å²) in [5.41, 5.74) is 1.72. The Morgan fingerprint density at radius 2 is 2.39 bits per heavy atom. The first kappa shape index (κ1) is 11.2. The Morgan fingerprint density at radius 3 is 3.22 bits per heavy atom. The highest BCUT2D eigenvalue weighted by Gasteiger charge is 2.33. The van der Waals surface area contributed by atoms with Crippen LogP contribution in [0.2, 0.25) is 0 Å². The summed E-state index contributed by atoms with van der Waals surface area (Å²) in [4.78, 5) is 19.6. The molecule has 2 unspecified atom stereocenters. The number of hydrogen-bond acceptors (Lipinski definition) is 4. The van der Waals surface area contributed by atoms with Crippen LogP contribution in [0, 0.1) is 5.92 Å². The van der Waals surface area contributed by atoms with Crippen LogP contribution in [0.4, 0.5) is 0 Å². The minimum Gasteiger partial charge on any atom is -0.481 e. The summed E-state index contributed by atoms with van der Waals surface area (Å²) in [5, 5.41) is 12.4. The number of carboxylic acids is 1. The van der Waals surface area contributed by atoms with Gasteiger partial charge in [-0.25, -0.2) is 4.98 Å². The monoisotopic (exact) mass is 246 g/mol. The number of nitrogens with one attached hydrogen (secondary N) is 1. The molecule has 1 aliphatic heterocycles. The maximum Gasteiger partial charge on any atom is 0.308 e. The van der Waals surface area contributed by atoms with E-state index in [1.54, 1.807) is 18.6 Å². The normalized spacial score (nSPS) is 24.2. The number of aromatic nitrogens is 3. The van der Waals surface area contributed by atoms with Crippen molar-refractivity contribution in [2.75, 3.05) is 13.1 Å². The molecular weight excluding hydrogens is 232 g/mol. The van der Waals surface area contributed by atoms with Gasteiger partial charge in [0.15, 0.2) is 5.65 Å². The second kappa shape index (κ2) is 4.38. The van der Waals surface area contributed by atoms with Crippen molar-refractivity contribution in [1.82, 2.24) is 19.7 Å². The van der Waals surface area contributed by atoms with E-state index in [0.29, 0.717) is 6.54 Å². The van der Waals surface area contributed by atoms with Crippen LogP contribution < -0.4 is 5.32 Å². The van der Waals surface area contributed by atoms with Crippen molar-refractivity contribution in [1.29, 1.82) is 0 Å². The first-order valence-electron chi connectivity index (χ1n) is 5.98. The number of rotatable bonds is 2. The van der Waals surface area contributed by atoms with Crippen LogP contribution in [0.5, 0.6) is 0 Å². The fourth-order valence-corrected chi connectivity index (χ4v) is 2.61. The third kappa shape index (κ3) is 1.74. The third-order valence-corrected chi connectivity index (χ3v) is 3.53. The van der Waals surface area contributed by atoms with Crippen molar-refractivity contribution < 1.29 is 9.90 Å². The van der Waals surface area contributed by atoms with Gasteiger partial charge in [0.2, 0.25) is 0 Å². The number of aliphatic carboxylic acids is 1. The number of hydrogen-bond donors (Lipinski definition) is 2. The molecule has 1 fully saturated rings. The van der Waals surface area contributed by atoms with Crippen molar-refractivity contribution in [3.8, 4) is 0 Å². The molecule has 0 amide bonds. The number of carbonyl (C=O) groups is 1. The first-order chi connectivity index (χ1) is 8.77. The zero-order valence-electron chi connectivity index (χ0n) is 9.78. The maximum atomic E-state index is 11.3. The van der Waals surface area contributed by atoms with E-state index in [1.807, 2.05) is 10.6 Å². The number of carboxylic acid groups (broad SMARTS) is 1. The lowest BCUT2D eigenvalue weighted by Gasteiger charge is -2.28. The van der Waals surface area contributed by atoms with Crippen LogP contribution >= 0.6 is 0 Å². The molecule has 18 heavy (non-hydrogen) atoms. The van der Waals surface area contributed by atoms with Crippen LogP contribution in [0.1, 0.15) is 18.0 Å². The number of nitrogens with zero attached hydrogens (tertiary/aromatic N) is 3. The zero-order chi connectivity index (χ0) is 12.5. The molecule has 0 radical (unpaired) electrons. The van der Waals surface area contributed by atoms with E-state index in [0.717, 1.165) is 24.3 Å². The molecule has 6 nitrogen and oxygen atoms in total. The molecule has 2 aromatic rings. The molecule has 3 rings (SSSR count). The van der Waals surface area contributed by atoms with E-state index in [1.165, 1.54) is 0 Å². The summed E-state index contributed by atoms with van der Waals surface area (Å²) in [7, 11) is 0. The second-order valence-electron chi connectivity index (χ2n) is 4.53. The number of fused-ring (bicyclic) bond motifs is 1. The fourth-order valence-electron chi connectivity index (χ4n) is 2.61. The van der Waals surface area contributed by atoms with Gasteiger partial charge in [0.25, 0.3) is 0 Å². The van der Waals surface area contributed by atoms with E-state index in [2.05, 4.69) is 15.3 Å². The quantitative estimate of drug-likeness (QED) is 0.807. The summed E-state index contributed by atoms with van der Waals surface area (Å²) in [6.45, 7) is 1.35. The summed E-state index contributed by atoms with van der Waals surface area (Å²) < 4.78 is 1.93. The Hall–Kier alpha value is -1.95. The van der Waals surface area contributed by atoms with Crippen molar-refractivity contribution in [2.45, 2.75) is 12.3 Å². The molecule has 0 spiro atoms. The Bertz CT molecular complexity index is 580. The van der Waals surface area contributed by atoms with E-state index in [4.69, 9.17) is 0 Å². The molecule has 2 N–H and O–H groups in total. The van der Waals surface area contributed by atoms with Gasteiger partial charge in [-0.2, -0.15) is 0 Å². The Kier molecular flexibility index (Phi) is 2.71. The molecule has 6 heteroatoms. The second-order valence-corrected chi connectivity index (χ2v) is 4.53. The Balaban J connectivity index is 2.04. The smallest absolute Gasteiger partial charge is 0.308 e. The molecule has 1 aliphatic rings. The highest BCUT2D eigenvalue weighted by Crippen LogP contribution is 2.30. The standard InChI is InChI=1S/C12H14N4O2/c17-12(18)9-5-13-2-1-8(9)10-6-15-11-7-14-3-4-16(10)11/h3-4,6-9,13H,1-2,5H2,(H,17,18). The highest BCUT2D eigenvalue weighted by molar-refractivity contribution is 5.72. The maximum absolute atomic E-state index is 11.3. The molecule has 1 saturated heterocycles. The van der Waals surface area contributed by atoms with Gasteiger partial charge < -0.3 is 14.8 Å². The Morgan fingerprint density at radius 1 is 1.50 bits per heavy atom. The van der Waals surface area contributed by atoms with Crippen LogP contribution in [-0.4, -0.2) is 38.5 Å². The summed E-state index contributed by atoms with van der Waals surface area (Å²) in [6.07, 6.45) is 7.78. The average Bonchev–Trinajstić information content (AvgIpc) is 2.82. The Labute approximate surface area is 104 Å². The topological polar surface area (TPSA) is 79.5 Å². The van der Waals surface area contributed by atoms with Crippen LogP contribution in [0.25, 0.3) is 5.65 Å². The van der Waals surface area contributed by atoms with Crippen molar-refractivity contribution in [2.24, 2.45) is 5.92 Å². The van der Waals surface area contributed by atoms with Gasteiger partial charge in [-0.05, 0) is 13.0 Å². The van der Waals surface area contributed by atoms with Gasteiger partial charge in [0, 0.05) is 36.7 Å². The molecule has 0 bridgehead atoms. The average molecular weight is 246 g/mol. The largest absolute Gasteiger partial charge is 0.481 e. The lowest BCUT2D eigenvalue weighted by atomic mass is 9.84. The lowest BCUT2D eigenvalue weighted by Crippen LogP contribution is -2.40. The van der Waals surface area contributed by atoms with E-state index < -0.39 is 11.9 Å². The summed E-state index contributed by atoms with van der Waals surface area (Å²) in [5.74, 6) is -1.15. The minimum atomic E-state index is -0.754. The van der Waals surface area contributed by atoms with Crippen molar-refractivity contribution in [3.05, 3.63) is 30.5 Å².